The standard InChI is InChI=1S/C12H15F4N/c1-4-6(2)9-10(12(14,15)16)7(3)5-8(17)11(9)13/h5-6H,4,17H2,1-3H3. The van der Waals surface area contributed by atoms with Gasteiger partial charge in [-0.3, -0.25) is 0 Å². The Morgan fingerprint density at radius 1 is 1.35 bits per heavy atom. The molecule has 0 aliphatic heterocycles. The Morgan fingerprint density at radius 2 is 1.88 bits per heavy atom. The molecule has 2 N–H and O–H groups in total. The van der Waals surface area contributed by atoms with Crippen molar-refractivity contribution in [2.75, 3.05) is 5.73 Å². The molecule has 0 radical (unpaired) electrons. The molecule has 96 valence electrons. The maximum atomic E-state index is 13.8. The second kappa shape index (κ2) is 4.55. The first-order valence-corrected chi connectivity index (χ1v) is 5.35. The molecule has 1 atom stereocenters. The zero-order chi connectivity index (χ0) is 13.4. The van der Waals surface area contributed by atoms with E-state index >= 15 is 0 Å². The van der Waals surface area contributed by atoms with Crippen molar-refractivity contribution >= 4 is 5.69 Å². The van der Waals surface area contributed by atoms with Crippen LogP contribution < -0.4 is 5.73 Å². The van der Waals surface area contributed by atoms with E-state index in [2.05, 4.69) is 0 Å². The van der Waals surface area contributed by atoms with Crippen LogP contribution in [0.5, 0.6) is 0 Å². The van der Waals surface area contributed by atoms with E-state index in [0.717, 1.165) is 6.07 Å². The highest BCUT2D eigenvalue weighted by molar-refractivity contribution is 5.53. The summed E-state index contributed by atoms with van der Waals surface area (Å²) < 4.78 is 52.5. The SMILES string of the molecule is CCC(C)c1c(F)c(N)cc(C)c1C(F)(F)F. The molecular weight excluding hydrogens is 234 g/mol. The average molecular weight is 249 g/mol. The van der Waals surface area contributed by atoms with Crippen molar-refractivity contribution < 1.29 is 17.6 Å². The summed E-state index contributed by atoms with van der Waals surface area (Å²) in [5.74, 6) is -1.47. The predicted octanol–water partition coefficient (Wildman–Crippen LogP) is 4.25. The molecule has 0 amide bonds. The smallest absolute Gasteiger partial charge is 0.396 e. The monoisotopic (exact) mass is 249 g/mol. The summed E-state index contributed by atoms with van der Waals surface area (Å²) in [4.78, 5) is 0. The third-order valence-corrected chi connectivity index (χ3v) is 2.91. The zero-order valence-electron chi connectivity index (χ0n) is 9.95. The third-order valence-electron chi connectivity index (χ3n) is 2.91. The van der Waals surface area contributed by atoms with Crippen LogP contribution in [0.2, 0.25) is 0 Å². The number of alkyl halides is 3. The Balaban J connectivity index is 3.62. The van der Waals surface area contributed by atoms with Crippen molar-refractivity contribution in [2.24, 2.45) is 0 Å². The molecule has 0 aliphatic carbocycles. The van der Waals surface area contributed by atoms with Gasteiger partial charge in [0.2, 0.25) is 0 Å². The van der Waals surface area contributed by atoms with E-state index in [1.54, 1.807) is 13.8 Å². The van der Waals surface area contributed by atoms with Gasteiger partial charge in [-0.2, -0.15) is 13.2 Å². The lowest BCUT2D eigenvalue weighted by Gasteiger charge is -2.21. The van der Waals surface area contributed by atoms with Gasteiger partial charge >= 0.3 is 6.18 Å². The molecule has 0 saturated heterocycles. The van der Waals surface area contributed by atoms with E-state index in [1.807, 2.05) is 0 Å². The predicted molar refractivity (Wildman–Crippen MR) is 59.3 cm³/mol. The van der Waals surface area contributed by atoms with Gasteiger partial charge in [0.25, 0.3) is 0 Å². The molecule has 0 saturated carbocycles. The van der Waals surface area contributed by atoms with E-state index < -0.39 is 23.5 Å². The van der Waals surface area contributed by atoms with Crippen LogP contribution in [-0.2, 0) is 6.18 Å². The number of hydrogen-bond donors (Lipinski definition) is 1. The number of benzene rings is 1. The molecule has 1 rings (SSSR count). The zero-order valence-corrected chi connectivity index (χ0v) is 9.95. The number of hydrogen-bond acceptors (Lipinski definition) is 1. The summed E-state index contributed by atoms with van der Waals surface area (Å²) in [6, 6.07) is 1.03. The number of halogens is 4. The Bertz CT molecular complexity index is 423. The molecule has 5 heteroatoms. The molecule has 1 unspecified atom stereocenters. The van der Waals surface area contributed by atoms with Gasteiger partial charge in [0, 0.05) is 5.56 Å². The fourth-order valence-corrected chi connectivity index (χ4v) is 1.89. The fourth-order valence-electron chi connectivity index (χ4n) is 1.89. The molecule has 0 aliphatic rings. The van der Waals surface area contributed by atoms with Gasteiger partial charge in [-0.15, -0.1) is 0 Å². The van der Waals surface area contributed by atoms with Crippen molar-refractivity contribution in [1.82, 2.24) is 0 Å². The highest BCUT2D eigenvalue weighted by Gasteiger charge is 2.38. The number of aryl methyl sites for hydroxylation is 1. The fraction of sp³-hybridized carbons (Fsp3) is 0.500. The van der Waals surface area contributed by atoms with Crippen molar-refractivity contribution in [1.29, 1.82) is 0 Å². The van der Waals surface area contributed by atoms with Gasteiger partial charge in [0.1, 0.15) is 5.82 Å². The van der Waals surface area contributed by atoms with Gasteiger partial charge in [0.15, 0.2) is 0 Å². The number of nitrogens with two attached hydrogens (primary N) is 1. The summed E-state index contributed by atoms with van der Waals surface area (Å²) in [6.07, 6.45) is -4.14. The third kappa shape index (κ3) is 2.53. The van der Waals surface area contributed by atoms with Crippen LogP contribution in [-0.4, -0.2) is 0 Å². The number of nitrogen functional groups attached to an aromatic ring is 1. The minimum absolute atomic E-state index is 0.0355. The van der Waals surface area contributed by atoms with Gasteiger partial charge in [0.05, 0.1) is 11.3 Å². The van der Waals surface area contributed by atoms with Crippen molar-refractivity contribution in [3.8, 4) is 0 Å². The van der Waals surface area contributed by atoms with Crippen molar-refractivity contribution in [3.63, 3.8) is 0 Å². The van der Waals surface area contributed by atoms with Gasteiger partial charge in [-0.1, -0.05) is 13.8 Å². The number of rotatable bonds is 2. The summed E-state index contributed by atoms with van der Waals surface area (Å²) in [5, 5.41) is 0. The van der Waals surface area contributed by atoms with E-state index in [1.165, 1.54) is 6.92 Å². The van der Waals surface area contributed by atoms with E-state index in [0.29, 0.717) is 6.42 Å². The first-order chi connectivity index (χ1) is 7.70. The topological polar surface area (TPSA) is 26.0 Å². The van der Waals surface area contributed by atoms with Crippen LogP contribution in [0.1, 0.15) is 42.9 Å². The molecule has 0 heterocycles. The summed E-state index contributed by atoms with van der Waals surface area (Å²) in [7, 11) is 0. The molecule has 0 spiro atoms. The van der Waals surface area contributed by atoms with E-state index in [4.69, 9.17) is 5.73 Å². The lowest BCUT2D eigenvalue weighted by molar-refractivity contribution is -0.139. The average Bonchev–Trinajstić information content (AvgIpc) is 2.19. The summed E-state index contributed by atoms with van der Waals surface area (Å²) >= 11 is 0. The van der Waals surface area contributed by atoms with E-state index in [9.17, 15) is 17.6 Å². The van der Waals surface area contributed by atoms with E-state index in [-0.39, 0.29) is 16.8 Å². The Labute approximate surface area is 97.6 Å². The van der Waals surface area contributed by atoms with Crippen molar-refractivity contribution in [3.05, 3.63) is 28.6 Å². The number of anilines is 1. The maximum Gasteiger partial charge on any atom is 0.417 e. The molecule has 1 aromatic rings. The first kappa shape index (κ1) is 13.8. The second-order valence-corrected chi connectivity index (χ2v) is 4.19. The lowest BCUT2D eigenvalue weighted by atomic mass is 9.89. The first-order valence-electron chi connectivity index (χ1n) is 5.35. The van der Waals surface area contributed by atoms with Gasteiger partial charge < -0.3 is 5.73 Å². The van der Waals surface area contributed by atoms with Crippen LogP contribution in [0.4, 0.5) is 23.2 Å². The Morgan fingerprint density at radius 3 is 2.29 bits per heavy atom. The van der Waals surface area contributed by atoms with Gasteiger partial charge in [-0.25, -0.2) is 4.39 Å². The highest BCUT2D eigenvalue weighted by Crippen LogP contribution is 2.41. The molecule has 1 aromatic carbocycles. The Kier molecular flexibility index (Phi) is 3.69. The van der Waals surface area contributed by atoms with Crippen LogP contribution in [0.15, 0.2) is 6.07 Å². The normalized spacial score (nSPS) is 13.8. The molecule has 0 fully saturated rings. The van der Waals surface area contributed by atoms with Crippen LogP contribution in [0.25, 0.3) is 0 Å². The molecular formula is C12H15F4N. The quantitative estimate of drug-likeness (QED) is 0.615. The highest BCUT2D eigenvalue weighted by atomic mass is 19.4. The summed E-state index contributed by atoms with van der Waals surface area (Å²) in [6.45, 7) is 4.57. The molecule has 17 heavy (non-hydrogen) atoms. The molecule has 1 nitrogen and oxygen atoms in total. The van der Waals surface area contributed by atoms with Crippen LogP contribution in [0.3, 0.4) is 0 Å². The largest absolute Gasteiger partial charge is 0.417 e. The second-order valence-electron chi connectivity index (χ2n) is 4.19. The molecule has 0 aromatic heterocycles. The van der Waals surface area contributed by atoms with Crippen LogP contribution >= 0.6 is 0 Å². The van der Waals surface area contributed by atoms with Gasteiger partial charge in [-0.05, 0) is 30.9 Å². The minimum atomic E-state index is -4.56. The van der Waals surface area contributed by atoms with Crippen LogP contribution in [0, 0.1) is 12.7 Å². The van der Waals surface area contributed by atoms with Crippen molar-refractivity contribution in [2.45, 2.75) is 39.3 Å². The lowest BCUT2D eigenvalue weighted by Crippen LogP contribution is -2.16. The summed E-state index contributed by atoms with van der Waals surface area (Å²) in [5.41, 5.74) is 3.91. The minimum Gasteiger partial charge on any atom is -0.396 e. The molecule has 0 bridgehead atoms. The Hall–Kier alpha value is -1.26. The maximum absolute atomic E-state index is 13.8.